The summed E-state index contributed by atoms with van der Waals surface area (Å²) in [5.41, 5.74) is 4.23. The monoisotopic (exact) mass is 315 g/mol. The van der Waals surface area contributed by atoms with Gasteiger partial charge in [0, 0.05) is 17.3 Å². The van der Waals surface area contributed by atoms with Gasteiger partial charge in [0.1, 0.15) is 5.69 Å². The van der Waals surface area contributed by atoms with Gasteiger partial charge >= 0.3 is 0 Å². The zero-order valence-electron chi connectivity index (χ0n) is 13.4. The van der Waals surface area contributed by atoms with E-state index in [1.807, 2.05) is 48.5 Å². The van der Waals surface area contributed by atoms with Crippen molar-refractivity contribution in [2.24, 2.45) is 0 Å². The predicted molar refractivity (Wildman–Crippen MR) is 94.9 cm³/mol. The Morgan fingerprint density at radius 1 is 0.917 bits per heavy atom. The van der Waals surface area contributed by atoms with E-state index >= 15 is 0 Å². The highest BCUT2D eigenvalue weighted by Crippen LogP contribution is 2.16. The zero-order valence-corrected chi connectivity index (χ0v) is 13.4. The van der Waals surface area contributed by atoms with Crippen LogP contribution in [0.1, 0.15) is 21.6 Å². The molecule has 3 heteroatoms. The summed E-state index contributed by atoms with van der Waals surface area (Å²) in [6.07, 6.45) is 2.11. The molecule has 3 aromatic rings. The van der Waals surface area contributed by atoms with E-state index in [1.165, 1.54) is 5.69 Å². The third-order valence-electron chi connectivity index (χ3n) is 4.48. The van der Waals surface area contributed by atoms with Crippen LogP contribution in [0.3, 0.4) is 0 Å². The maximum absolute atomic E-state index is 12.7. The Hall–Kier alpha value is -2.94. The second kappa shape index (κ2) is 6.28. The number of benzene rings is 2. The van der Waals surface area contributed by atoms with Crippen molar-refractivity contribution in [2.45, 2.75) is 6.54 Å². The van der Waals surface area contributed by atoms with E-state index in [0.29, 0.717) is 6.54 Å². The topological polar surface area (TPSA) is 25.0 Å². The summed E-state index contributed by atoms with van der Waals surface area (Å²) in [6, 6.07) is 24.1. The zero-order chi connectivity index (χ0) is 16.4. The first-order valence-electron chi connectivity index (χ1n) is 8.24. The van der Waals surface area contributed by atoms with E-state index in [9.17, 15) is 4.79 Å². The predicted octanol–water partition coefficient (Wildman–Crippen LogP) is 3.23. The Kier molecular flexibility index (Phi) is 3.83. The number of ketones is 1. The Labute approximate surface area is 141 Å². The standard InChI is InChI=1S/C21H19N2O/c24-20(17-8-3-1-4-9-17)16-23-15-14-22-13-7-12-19(22)21(23)18-10-5-2-6-11-18/h1-13H,14-16H2/q+1. The van der Waals surface area contributed by atoms with E-state index in [4.69, 9.17) is 0 Å². The lowest BCUT2D eigenvalue weighted by molar-refractivity contribution is -0.517. The number of rotatable bonds is 4. The highest BCUT2D eigenvalue weighted by molar-refractivity contribution is 6.09. The van der Waals surface area contributed by atoms with E-state index in [1.54, 1.807) is 0 Å². The molecule has 0 aliphatic carbocycles. The molecule has 0 bridgehead atoms. The van der Waals surface area contributed by atoms with Crippen LogP contribution in [0.5, 0.6) is 0 Å². The van der Waals surface area contributed by atoms with Crippen molar-refractivity contribution in [1.82, 2.24) is 4.57 Å². The van der Waals surface area contributed by atoms with Gasteiger partial charge in [-0.1, -0.05) is 48.5 Å². The molecule has 0 saturated heterocycles. The molecule has 2 aromatic carbocycles. The van der Waals surface area contributed by atoms with Crippen molar-refractivity contribution in [1.29, 1.82) is 0 Å². The minimum absolute atomic E-state index is 0.157. The molecule has 3 nitrogen and oxygen atoms in total. The van der Waals surface area contributed by atoms with Crippen molar-refractivity contribution < 1.29 is 9.37 Å². The molecule has 0 unspecified atom stereocenters. The molecule has 24 heavy (non-hydrogen) atoms. The summed E-state index contributed by atoms with van der Waals surface area (Å²) in [7, 11) is 0. The number of Topliss-reactive ketones (excluding diaryl/α,β-unsaturated/α-hetero) is 1. The highest BCUT2D eigenvalue weighted by Gasteiger charge is 2.28. The minimum Gasteiger partial charge on any atom is -0.336 e. The van der Waals surface area contributed by atoms with Crippen LogP contribution < -0.4 is 0 Å². The molecule has 0 saturated carbocycles. The molecule has 1 aromatic heterocycles. The maximum atomic E-state index is 12.7. The number of hydrogen-bond donors (Lipinski definition) is 0. The third kappa shape index (κ3) is 2.69. The number of carbonyl (C=O) groups excluding carboxylic acids is 1. The van der Waals surface area contributed by atoms with E-state index in [0.717, 1.165) is 29.9 Å². The van der Waals surface area contributed by atoms with Crippen molar-refractivity contribution in [2.75, 3.05) is 13.1 Å². The lowest BCUT2D eigenvalue weighted by atomic mass is 10.0. The summed E-state index contributed by atoms with van der Waals surface area (Å²) in [5.74, 6) is 0.157. The number of nitrogens with zero attached hydrogens (tertiary/aromatic N) is 2. The fourth-order valence-corrected chi connectivity index (χ4v) is 3.30. The van der Waals surface area contributed by atoms with Crippen LogP contribution in [-0.4, -0.2) is 33.7 Å². The van der Waals surface area contributed by atoms with Gasteiger partial charge in [0.25, 0.3) is 0 Å². The number of hydrogen-bond acceptors (Lipinski definition) is 1. The lowest BCUT2D eigenvalue weighted by Gasteiger charge is -2.18. The van der Waals surface area contributed by atoms with Crippen LogP contribution in [0.25, 0.3) is 0 Å². The highest BCUT2D eigenvalue weighted by atomic mass is 16.1. The average Bonchev–Trinajstić information content (AvgIpc) is 3.11. The summed E-state index contributed by atoms with van der Waals surface area (Å²) in [5, 5.41) is 0. The largest absolute Gasteiger partial charge is 0.336 e. The molecule has 2 heterocycles. The Balaban J connectivity index is 1.77. The van der Waals surface area contributed by atoms with Gasteiger partial charge in [0.2, 0.25) is 18.0 Å². The van der Waals surface area contributed by atoms with Crippen molar-refractivity contribution in [3.63, 3.8) is 0 Å². The van der Waals surface area contributed by atoms with Gasteiger partial charge in [-0.05, 0) is 24.3 Å². The molecule has 4 rings (SSSR count). The fourth-order valence-electron chi connectivity index (χ4n) is 3.30. The summed E-state index contributed by atoms with van der Waals surface area (Å²) in [6.45, 7) is 2.14. The molecule has 0 amide bonds. The Morgan fingerprint density at radius 2 is 1.62 bits per heavy atom. The summed E-state index contributed by atoms with van der Waals surface area (Å²) >= 11 is 0. The van der Waals surface area contributed by atoms with Gasteiger partial charge in [-0.3, -0.25) is 4.79 Å². The summed E-state index contributed by atoms with van der Waals surface area (Å²) < 4.78 is 4.46. The van der Waals surface area contributed by atoms with Gasteiger partial charge in [-0.25, -0.2) is 4.58 Å². The van der Waals surface area contributed by atoms with Gasteiger partial charge in [-0.2, -0.15) is 0 Å². The van der Waals surface area contributed by atoms with Crippen molar-refractivity contribution in [3.05, 3.63) is 95.8 Å². The Morgan fingerprint density at radius 3 is 2.38 bits per heavy atom. The quantitative estimate of drug-likeness (QED) is 0.536. The number of aromatic nitrogens is 1. The second-order valence-electron chi connectivity index (χ2n) is 6.01. The Bertz CT molecular complexity index is 892. The first-order chi connectivity index (χ1) is 11.8. The molecule has 1 aliphatic heterocycles. The van der Waals surface area contributed by atoms with E-state index < -0.39 is 0 Å². The van der Waals surface area contributed by atoms with Gasteiger partial charge in [0.05, 0.1) is 6.54 Å². The first kappa shape index (κ1) is 14.6. The lowest BCUT2D eigenvalue weighted by Crippen LogP contribution is -2.36. The van der Waals surface area contributed by atoms with Gasteiger partial charge in [-0.15, -0.1) is 0 Å². The van der Waals surface area contributed by atoms with Crippen LogP contribution in [-0.2, 0) is 6.54 Å². The van der Waals surface area contributed by atoms with Crippen LogP contribution >= 0.6 is 0 Å². The molecule has 0 radical (unpaired) electrons. The normalized spacial score (nSPS) is 13.7. The van der Waals surface area contributed by atoms with E-state index in [-0.39, 0.29) is 5.78 Å². The van der Waals surface area contributed by atoms with Crippen LogP contribution in [0.15, 0.2) is 79.0 Å². The smallest absolute Gasteiger partial charge is 0.231 e. The van der Waals surface area contributed by atoms with Gasteiger partial charge in [0.15, 0.2) is 6.54 Å². The maximum Gasteiger partial charge on any atom is 0.231 e. The van der Waals surface area contributed by atoms with E-state index in [2.05, 4.69) is 39.6 Å². The van der Waals surface area contributed by atoms with Crippen LogP contribution in [0.2, 0.25) is 0 Å². The van der Waals surface area contributed by atoms with Crippen LogP contribution in [0.4, 0.5) is 0 Å². The second-order valence-corrected chi connectivity index (χ2v) is 6.01. The molecule has 0 atom stereocenters. The molecule has 0 fully saturated rings. The number of fused-ring (bicyclic) bond motifs is 1. The SMILES string of the molecule is O=C(C[N+]1=C(c2ccccc2)c2cccn2CC1)c1ccccc1. The van der Waals surface area contributed by atoms with Gasteiger partial charge < -0.3 is 4.57 Å². The third-order valence-corrected chi connectivity index (χ3v) is 4.48. The van der Waals surface area contributed by atoms with Crippen LogP contribution in [0, 0.1) is 0 Å². The summed E-state index contributed by atoms with van der Waals surface area (Å²) in [4.78, 5) is 12.7. The molecular formula is C21H19N2O+. The first-order valence-corrected chi connectivity index (χ1v) is 8.24. The molecule has 118 valence electrons. The fraction of sp³-hybridized carbons (Fsp3) is 0.143. The molecular weight excluding hydrogens is 296 g/mol. The molecule has 0 spiro atoms. The minimum atomic E-state index is 0.157. The van der Waals surface area contributed by atoms with Crippen molar-refractivity contribution >= 4 is 11.5 Å². The number of carbonyl (C=O) groups is 1. The molecule has 0 N–H and O–H groups in total. The molecule has 1 aliphatic rings. The van der Waals surface area contributed by atoms with Crippen molar-refractivity contribution in [3.8, 4) is 0 Å². The average molecular weight is 315 g/mol.